The Kier molecular flexibility index (Phi) is 7.72. The maximum atomic E-state index is 12.7. The van der Waals surface area contributed by atoms with Crippen molar-refractivity contribution in [2.75, 3.05) is 11.9 Å². The molecule has 0 aliphatic carbocycles. The Hall–Kier alpha value is -2.82. The highest BCUT2D eigenvalue weighted by molar-refractivity contribution is 14.1. The fraction of sp³-hybridized carbons (Fsp3) is 0.318. The summed E-state index contributed by atoms with van der Waals surface area (Å²) in [6.45, 7) is 7.20. The van der Waals surface area contributed by atoms with Crippen molar-refractivity contribution in [1.29, 1.82) is 0 Å². The molecule has 3 aromatic rings. The number of furan rings is 1. The molecule has 0 spiro atoms. The summed E-state index contributed by atoms with van der Waals surface area (Å²) >= 11 is 2.22. The first-order valence-corrected chi connectivity index (χ1v) is 11.1. The second-order valence-corrected chi connectivity index (χ2v) is 8.56. The van der Waals surface area contributed by atoms with E-state index in [4.69, 9.17) is 9.15 Å². The van der Waals surface area contributed by atoms with Crippen molar-refractivity contribution in [3.8, 4) is 5.75 Å². The van der Waals surface area contributed by atoms with Crippen molar-refractivity contribution in [2.24, 2.45) is 5.92 Å². The highest BCUT2D eigenvalue weighted by atomic mass is 127. The fourth-order valence-corrected chi connectivity index (χ4v) is 3.03. The maximum absolute atomic E-state index is 12.7. The Balaban J connectivity index is 1.65. The number of ether oxygens (including phenoxy) is 1. The molecule has 2 amide bonds. The van der Waals surface area contributed by atoms with Crippen LogP contribution >= 0.6 is 22.6 Å². The number of nitrogens with zero attached hydrogens (tertiary/aromatic N) is 2. The third-order valence-corrected chi connectivity index (χ3v) is 5.02. The van der Waals surface area contributed by atoms with E-state index in [9.17, 15) is 9.59 Å². The van der Waals surface area contributed by atoms with Crippen LogP contribution in [0.1, 0.15) is 47.6 Å². The van der Waals surface area contributed by atoms with Gasteiger partial charge in [-0.1, -0.05) is 13.8 Å². The van der Waals surface area contributed by atoms with E-state index in [0.29, 0.717) is 36.2 Å². The van der Waals surface area contributed by atoms with Crippen molar-refractivity contribution in [2.45, 2.75) is 33.9 Å². The van der Waals surface area contributed by atoms with Crippen LogP contribution in [0.15, 0.2) is 47.0 Å². The quantitative estimate of drug-likeness (QED) is 0.397. The minimum Gasteiger partial charge on any atom is -0.486 e. The van der Waals surface area contributed by atoms with Gasteiger partial charge in [0.1, 0.15) is 18.1 Å². The van der Waals surface area contributed by atoms with Gasteiger partial charge in [0.2, 0.25) is 0 Å². The molecule has 31 heavy (non-hydrogen) atoms. The topological polar surface area (TPSA) is 98.4 Å². The first-order valence-electron chi connectivity index (χ1n) is 9.99. The van der Waals surface area contributed by atoms with E-state index in [2.05, 4.69) is 38.3 Å². The van der Waals surface area contributed by atoms with Gasteiger partial charge in [-0.2, -0.15) is 5.10 Å². The van der Waals surface area contributed by atoms with Gasteiger partial charge in [-0.15, -0.1) is 0 Å². The molecule has 8 nitrogen and oxygen atoms in total. The summed E-state index contributed by atoms with van der Waals surface area (Å²) in [7, 11) is 0. The zero-order valence-electron chi connectivity index (χ0n) is 17.6. The monoisotopic (exact) mass is 536 g/mol. The minimum atomic E-state index is -0.464. The van der Waals surface area contributed by atoms with Gasteiger partial charge in [0.05, 0.1) is 5.69 Å². The molecule has 2 aromatic heterocycles. The predicted octanol–water partition coefficient (Wildman–Crippen LogP) is 4.32. The van der Waals surface area contributed by atoms with Crippen LogP contribution in [0, 0.1) is 9.49 Å². The molecule has 164 valence electrons. The Morgan fingerprint density at radius 3 is 2.58 bits per heavy atom. The van der Waals surface area contributed by atoms with Crippen LogP contribution in [0.3, 0.4) is 0 Å². The number of carbonyl (C=O) groups excluding carboxylic acids is 2. The van der Waals surface area contributed by atoms with Gasteiger partial charge in [0.15, 0.2) is 11.5 Å². The number of carbonyl (C=O) groups is 2. The highest BCUT2D eigenvalue weighted by Crippen LogP contribution is 2.19. The van der Waals surface area contributed by atoms with Crippen molar-refractivity contribution >= 4 is 40.1 Å². The largest absolute Gasteiger partial charge is 0.486 e. The van der Waals surface area contributed by atoms with Gasteiger partial charge in [-0.05, 0) is 71.8 Å². The number of amides is 2. The van der Waals surface area contributed by atoms with Crippen LogP contribution in [0.4, 0.5) is 5.69 Å². The number of hydrogen-bond donors (Lipinski definition) is 2. The second-order valence-electron chi connectivity index (χ2n) is 7.31. The Morgan fingerprint density at radius 2 is 1.90 bits per heavy atom. The zero-order valence-corrected chi connectivity index (χ0v) is 19.8. The molecule has 0 atom stereocenters. The molecular weight excluding hydrogens is 511 g/mol. The van der Waals surface area contributed by atoms with Gasteiger partial charge in [0.25, 0.3) is 11.8 Å². The van der Waals surface area contributed by atoms with Crippen LogP contribution in [0.25, 0.3) is 0 Å². The van der Waals surface area contributed by atoms with Gasteiger partial charge in [-0.3, -0.25) is 14.3 Å². The van der Waals surface area contributed by atoms with Gasteiger partial charge in [-0.25, -0.2) is 0 Å². The lowest BCUT2D eigenvalue weighted by atomic mass is 10.2. The molecule has 0 saturated carbocycles. The molecular formula is C22H25IN4O4. The minimum absolute atomic E-state index is 0.124. The van der Waals surface area contributed by atoms with Gasteiger partial charge >= 0.3 is 0 Å². The van der Waals surface area contributed by atoms with Crippen LogP contribution < -0.4 is 15.4 Å². The lowest BCUT2D eigenvalue weighted by Crippen LogP contribution is -2.28. The molecule has 0 fully saturated rings. The molecule has 2 N–H and O–H groups in total. The smallest absolute Gasteiger partial charge is 0.291 e. The molecule has 2 heterocycles. The molecule has 0 saturated heterocycles. The number of anilines is 1. The van der Waals surface area contributed by atoms with E-state index in [1.165, 1.54) is 0 Å². The summed E-state index contributed by atoms with van der Waals surface area (Å²) in [5, 5.41) is 9.81. The molecule has 0 unspecified atom stereocenters. The average molecular weight is 536 g/mol. The number of halogens is 1. The SMILES string of the molecule is CCn1cc(NC(=O)c2ccc(COc3ccc(I)cc3)o2)c(C(=O)NCC(C)C)n1. The van der Waals surface area contributed by atoms with Crippen LogP contribution in [-0.2, 0) is 13.2 Å². The first-order chi connectivity index (χ1) is 14.9. The van der Waals surface area contributed by atoms with Crippen LogP contribution in [-0.4, -0.2) is 28.1 Å². The van der Waals surface area contributed by atoms with Crippen LogP contribution in [0.5, 0.6) is 5.75 Å². The molecule has 3 rings (SSSR count). The van der Waals surface area contributed by atoms with Crippen molar-refractivity contribution < 1.29 is 18.7 Å². The van der Waals surface area contributed by atoms with E-state index in [1.54, 1.807) is 23.0 Å². The maximum Gasteiger partial charge on any atom is 0.291 e. The summed E-state index contributed by atoms with van der Waals surface area (Å²) < 4.78 is 14.0. The number of benzene rings is 1. The summed E-state index contributed by atoms with van der Waals surface area (Å²) in [4.78, 5) is 25.1. The molecule has 1 aromatic carbocycles. The van der Waals surface area contributed by atoms with E-state index in [-0.39, 0.29) is 24.0 Å². The lowest BCUT2D eigenvalue weighted by Gasteiger charge is -2.07. The number of aromatic nitrogens is 2. The van der Waals surface area contributed by atoms with E-state index < -0.39 is 5.91 Å². The van der Waals surface area contributed by atoms with E-state index in [1.807, 2.05) is 45.0 Å². The summed E-state index contributed by atoms with van der Waals surface area (Å²) in [6, 6.07) is 10.9. The predicted molar refractivity (Wildman–Crippen MR) is 125 cm³/mol. The van der Waals surface area contributed by atoms with Gasteiger partial charge in [0, 0.05) is 22.9 Å². The van der Waals surface area contributed by atoms with E-state index >= 15 is 0 Å². The summed E-state index contributed by atoms with van der Waals surface area (Å²) in [5.41, 5.74) is 0.505. The van der Waals surface area contributed by atoms with Crippen molar-refractivity contribution in [3.63, 3.8) is 0 Å². The standard InChI is InChI=1S/C22H25IN4O4/c1-4-27-12-18(20(26-27)22(29)24-11-14(2)3)25-21(28)19-10-9-17(31-19)13-30-16-7-5-15(23)6-8-16/h5-10,12,14H,4,11,13H2,1-3H3,(H,24,29)(H,25,28). The second kappa shape index (κ2) is 10.5. The molecule has 9 heteroatoms. The number of nitrogens with one attached hydrogen (secondary N) is 2. The lowest BCUT2D eigenvalue weighted by molar-refractivity contribution is 0.0944. The Bertz CT molecular complexity index is 1040. The van der Waals surface area contributed by atoms with E-state index in [0.717, 1.165) is 3.57 Å². The van der Waals surface area contributed by atoms with Crippen molar-refractivity contribution in [3.05, 3.63) is 63.4 Å². The molecule has 0 radical (unpaired) electrons. The number of hydrogen-bond acceptors (Lipinski definition) is 5. The number of rotatable bonds is 9. The Labute approximate surface area is 194 Å². The first kappa shape index (κ1) is 22.9. The molecule has 0 aliphatic rings. The Morgan fingerprint density at radius 1 is 1.16 bits per heavy atom. The molecule has 0 bridgehead atoms. The summed E-state index contributed by atoms with van der Waals surface area (Å²) in [5.74, 6) is 0.864. The number of aryl methyl sites for hydroxylation is 1. The average Bonchev–Trinajstić information content (AvgIpc) is 3.38. The third kappa shape index (κ3) is 6.33. The zero-order chi connectivity index (χ0) is 22.4. The molecule has 0 aliphatic heterocycles. The van der Waals surface area contributed by atoms with Crippen LogP contribution in [0.2, 0.25) is 0 Å². The summed E-state index contributed by atoms with van der Waals surface area (Å²) in [6.07, 6.45) is 1.63. The normalized spacial score (nSPS) is 10.9. The van der Waals surface area contributed by atoms with Crippen molar-refractivity contribution in [1.82, 2.24) is 15.1 Å². The fourth-order valence-electron chi connectivity index (χ4n) is 2.67. The van der Waals surface area contributed by atoms with Gasteiger partial charge < -0.3 is 19.8 Å². The third-order valence-electron chi connectivity index (χ3n) is 4.30. The highest BCUT2D eigenvalue weighted by Gasteiger charge is 2.20.